The summed E-state index contributed by atoms with van der Waals surface area (Å²) in [6.45, 7) is 2.98. The Labute approximate surface area is 141 Å². The molecule has 1 N–H and O–H groups in total. The van der Waals surface area contributed by atoms with Gasteiger partial charge in [0.1, 0.15) is 5.82 Å². The van der Waals surface area contributed by atoms with Gasteiger partial charge in [-0.1, -0.05) is 30.3 Å². The van der Waals surface area contributed by atoms with Gasteiger partial charge in [0, 0.05) is 19.6 Å². The third kappa shape index (κ3) is 3.29. The number of benzene rings is 1. The predicted molar refractivity (Wildman–Crippen MR) is 96.3 cm³/mol. The van der Waals surface area contributed by atoms with Crippen molar-refractivity contribution in [2.45, 2.75) is 37.1 Å². The molecule has 3 heterocycles. The van der Waals surface area contributed by atoms with Crippen LogP contribution in [0.5, 0.6) is 0 Å². The quantitative estimate of drug-likeness (QED) is 0.927. The van der Waals surface area contributed by atoms with Crippen LogP contribution in [0.15, 0.2) is 35.2 Å². The normalized spacial score (nSPS) is 17.1. The third-order valence-electron chi connectivity index (χ3n) is 4.42. The molecule has 4 rings (SSSR count). The summed E-state index contributed by atoms with van der Waals surface area (Å²) >= 11 is 1.90. The summed E-state index contributed by atoms with van der Waals surface area (Å²) in [6, 6.07) is 10.5. The second-order valence-corrected chi connectivity index (χ2v) is 7.24. The van der Waals surface area contributed by atoms with Gasteiger partial charge >= 0.3 is 0 Å². The van der Waals surface area contributed by atoms with Crippen LogP contribution in [-0.2, 0) is 13.0 Å². The lowest BCUT2D eigenvalue weighted by molar-refractivity contribution is 0.801. The van der Waals surface area contributed by atoms with Crippen LogP contribution in [0.1, 0.15) is 30.5 Å². The van der Waals surface area contributed by atoms with E-state index in [1.807, 2.05) is 11.8 Å². The summed E-state index contributed by atoms with van der Waals surface area (Å²) in [5.74, 6) is 3.10. The first-order valence-corrected chi connectivity index (χ1v) is 9.45. The van der Waals surface area contributed by atoms with E-state index >= 15 is 0 Å². The number of hydrogen-bond acceptors (Lipinski definition) is 5. The second-order valence-electron chi connectivity index (χ2n) is 6.13. The molecule has 2 aliphatic heterocycles. The van der Waals surface area contributed by atoms with Crippen molar-refractivity contribution >= 4 is 23.5 Å². The summed E-state index contributed by atoms with van der Waals surface area (Å²) in [5, 5.41) is 3.55. The van der Waals surface area contributed by atoms with Gasteiger partial charge in [0.15, 0.2) is 0 Å². The van der Waals surface area contributed by atoms with Gasteiger partial charge in [-0.15, -0.1) is 11.8 Å². The molecule has 5 heteroatoms. The Bertz CT molecular complexity index is 668. The fraction of sp³-hybridized carbons (Fsp3) is 0.444. The number of hydrogen-bond donors (Lipinski definition) is 1. The maximum Gasteiger partial charge on any atom is 0.227 e. The number of nitrogens with one attached hydrogen (secondary N) is 1. The largest absolute Gasteiger partial charge is 0.365 e. The molecule has 0 aliphatic carbocycles. The zero-order chi connectivity index (χ0) is 15.5. The van der Waals surface area contributed by atoms with E-state index in [1.165, 1.54) is 41.2 Å². The maximum absolute atomic E-state index is 4.87. The van der Waals surface area contributed by atoms with E-state index in [2.05, 4.69) is 40.5 Å². The molecule has 0 spiro atoms. The number of aryl methyl sites for hydroxylation is 1. The first-order valence-electron chi connectivity index (χ1n) is 8.46. The molecule has 4 nitrogen and oxygen atoms in total. The lowest BCUT2D eigenvalue weighted by Gasteiger charge is -2.22. The Hall–Kier alpha value is -1.75. The Morgan fingerprint density at radius 1 is 1.04 bits per heavy atom. The zero-order valence-corrected chi connectivity index (χ0v) is 14.1. The van der Waals surface area contributed by atoms with Gasteiger partial charge in [-0.25, -0.2) is 4.98 Å². The first-order chi connectivity index (χ1) is 11.4. The molecular formula is C18H22N4S. The van der Waals surface area contributed by atoms with Gasteiger partial charge in [0.2, 0.25) is 5.95 Å². The highest BCUT2D eigenvalue weighted by Gasteiger charge is 2.22. The summed E-state index contributed by atoms with van der Waals surface area (Å²) in [6.07, 6.45) is 4.79. The van der Waals surface area contributed by atoms with Crippen molar-refractivity contribution in [2.24, 2.45) is 0 Å². The van der Waals surface area contributed by atoms with Crippen LogP contribution in [0.4, 0.5) is 11.8 Å². The highest BCUT2D eigenvalue weighted by Crippen LogP contribution is 2.36. The average molecular weight is 326 g/mol. The van der Waals surface area contributed by atoms with Gasteiger partial charge in [-0.3, -0.25) is 0 Å². The lowest BCUT2D eigenvalue weighted by atomic mass is 10.2. The molecule has 0 saturated carbocycles. The zero-order valence-electron chi connectivity index (χ0n) is 13.3. The van der Waals surface area contributed by atoms with Gasteiger partial charge in [-0.2, -0.15) is 4.98 Å². The van der Waals surface area contributed by atoms with Gasteiger partial charge in [0.25, 0.3) is 0 Å². The van der Waals surface area contributed by atoms with E-state index in [0.717, 1.165) is 37.8 Å². The van der Waals surface area contributed by atoms with E-state index in [1.54, 1.807) is 0 Å². The van der Waals surface area contributed by atoms with Gasteiger partial charge in [0.05, 0.1) is 10.6 Å². The van der Waals surface area contributed by atoms with Crippen LogP contribution in [0, 0.1) is 0 Å². The minimum absolute atomic E-state index is 0.810. The van der Waals surface area contributed by atoms with E-state index in [4.69, 9.17) is 9.97 Å². The summed E-state index contributed by atoms with van der Waals surface area (Å²) in [5.41, 5.74) is 2.51. The highest BCUT2D eigenvalue weighted by atomic mass is 32.2. The molecule has 1 aromatic heterocycles. The van der Waals surface area contributed by atoms with Crippen molar-refractivity contribution in [3.05, 3.63) is 41.6 Å². The molecule has 1 fully saturated rings. The summed E-state index contributed by atoms with van der Waals surface area (Å²) in [7, 11) is 0. The molecule has 0 bridgehead atoms. The number of fused-ring (bicyclic) bond motifs is 1. The Kier molecular flexibility index (Phi) is 4.37. The third-order valence-corrected chi connectivity index (χ3v) is 5.63. The second kappa shape index (κ2) is 6.79. The average Bonchev–Trinajstić information content (AvgIpc) is 3.15. The van der Waals surface area contributed by atoms with E-state index in [9.17, 15) is 0 Å². The van der Waals surface area contributed by atoms with Crippen molar-refractivity contribution in [1.29, 1.82) is 0 Å². The molecule has 23 heavy (non-hydrogen) atoms. The van der Waals surface area contributed by atoms with E-state index in [-0.39, 0.29) is 0 Å². The summed E-state index contributed by atoms with van der Waals surface area (Å²) in [4.78, 5) is 13.3. The Morgan fingerprint density at radius 3 is 2.70 bits per heavy atom. The molecule has 1 saturated heterocycles. The van der Waals surface area contributed by atoms with Crippen molar-refractivity contribution in [3.8, 4) is 0 Å². The molecule has 0 amide bonds. The van der Waals surface area contributed by atoms with E-state index < -0.39 is 0 Å². The fourth-order valence-corrected chi connectivity index (χ4v) is 4.24. The number of thioether (sulfide) groups is 1. The van der Waals surface area contributed by atoms with Crippen molar-refractivity contribution in [2.75, 3.05) is 29.1 Å². The predicted octanol–water partition coefficient (Wildman–Crippen LogP) is 3.73. The molecule has 0 radical (unpaired) electrons. The number of rotatable bonds is 4. The van der Waals surface area contributed by atoms with Gasteiger partial charge in [-0.05, 0) is 37.0 Å². The van der Waals surface area contributed by atoms with Gasteiger partial charge < -0.3 is 10.2 Å². The standard InChI is InChI=1S/C18H22N4S/c1-2-7-14(8-3-1)13-19-17-16-15(9-6-12-23-16)20-18(21-17)22-10-4-5-11-22/h1-3,7-8H,4-6,9-13H2,(H,19,20,21). The van der Waals surface area contributed by atoms with E-state index in [0.29, 0.717) is 0 Å². The molecule has 0 atom stereocenters. The first kappa shape index (κ1) is 14.8. The molecule has 0 unspecified atom stereocenters. The van der Waals surface area contributed by atoms with Crippen LogP contribution < -0.4 is 10.2 Å². The molecule has 2 aliphatic rings. The fourth-order valence-electron chi connectivity index (χ4n) is 3.18. The highest BCUT2D eigenvalue weighted by molar-refractivity contribution is 7.99. The number of aromatic nitrogens is 2. The SMILES string of the molecule is c1ccc(CNc2nc(N3CCCC3)nc3c2SCCC3)cc1. The maximum atomic E-state index is 4.87. The topological polar surface area (TPSA) is 41.1 Å². The number of anilines is 2. The molecule has 1 aromatic carbocycles. The lowest BCUT2D eigenvalue weighted by Crippen LogP contribution is -2.22. The minimum Gasteiger partial charge on any atom is -0.365 e. The van der Waals surface area contributed by atoms with Crippen LogP contribution in [0.2, 0.25) is 0 Å². The summed E-state index contributed by atoms with van der Waals surface area (Å²) < 4.78 is 0. The van der Waals surface area contributed by atoms with Crippen LogP contribution >= 0.6 is 11.8 Å². The minimum atomic E-state index is 0.810. The van der Waals surface area contributed by atoms with Crippen molar-refractivity contribution in [1.82, 2.24) is 9.97 Å². The van der Waals surface area contributed by atoms with Crippen molar-refractivity contribution in [3.63, 3.8) is 0 Å². The Balaban J connectivity index is 1.61. The van der Waals surface area contributed by atoms with Crippen LogP contribution in [0.25, 0.3) is 0 Å². The van der Waals surface area contributed by atoms with Crippen LogP contribution in [-0.4, -0.2) is 28.8 Å². The molecule has 2 aromatic rings. The Morgan fingerprint density at radius 2 is 1.87 bits per heavy atom. The van der Waals surface area contributed by atoms with Crippen LogP contribution in [0.3, 0.4) is 0 Å². The molecule has 120 valence electrons. The smallest absolute Gasteiger partial charge is 0.227 e. The van der Waals surface area contributed by atoms with Crippen molar-refractivity contribution < 1.29 is 0 Å². The number of nitrogens with zero attached hydrogens (tertiary/aromatic N) is 3. The monoisotopic (exact) mass is 326 g/mol. The molecular weight excluding hydrogens is 304 g/mol.